The first kappa shape index (κ1) is 20.6. The Kier molecular flexibility index (Phi) is 6.66. The minimum Gasteiger partial charge on any atom is -0.320 e. The first-order chi connectivity index (χ1) is 14.0. The van der Waals surface area contributed by atoms with Gasteiger partial charge in [-0.15, -0.1) is 0 Å². The van der Waals surface area contributed by atoms with Crippen LogP contribution in [0, 0.1) is 17.1 Å². The highest BCUT2D eigenvalue weighted by Gasteiger charge is 2.12. The lowest BCUT2D eigenvalue weighted by Gasteiger charge is -2.08. The number of carbonyl (C=O) groups is 1. The van der Waals surface area contributed by atoms with Crippen molar-refractivity contribution in [1.82, 2.24) is 0 Å². The van der Waals surface area contributed by atoms with Crippen LogP contribution >= 0.6 is 23.2 Å². The SMILES string of the molecule is N#C/C(=C\c1ccc(Cc2cccc(F)c2)c(Cl)c1)C(=O)Nc1ccccc1Cl. The van der Waals surface area contributed by atoms with Crippen molar-refractivity contribution < 1.29 is 9.18 Å². The molecule has 0 saturated heterocycles. The molecule has 3 aromatic rings. The summed E-state index contributed by atoms with van der Waals surface area (Å²) in [5.41, 5.74) is 2.55. The van der Waals surface area contributed by atoms with Crippen molar-refractivity contribution in [3.8, 4) is 6.07 Å². The molecule has 29 heavy (non-hydrogen) atoms. The maximum Gasteiger partial charge on any atom is 0.266 e. The molecule has 6 heteroatoms. The van der Waals surface area contributed by atoms with Crippen LogP contribution in [0.3, 0.4) is 0 Å². The lowest BCUT2D eigenvalue weighted by molar-refractivity contribution is -0.112. The maximum absolute atomic E-state index is 13.4. The number of nitrogens with zero attached hydrogens (tertiary/aromatic N) is 1. The van der Waals surface area contributed by atoms with Crippen molar-refractivity contribution in [1.29, 1.82) is 5.26 Å². The van der Waals surface area contributed by atoms with Gasteiger partial charge in [0, 0.05) is 5.02 Å². The van der Waals surface area contributed by atoms with Crippen molar-refractivity contribution in [2.24, 2.45) is 0 Å². The third-order valence-corrected chi connectivity index (χ3v) is 4.84. The molecule has 0 heterocycles. The minimum atomic E-state index is -0.569. The summed E-state index contributed by atoms with van der Waals surface area (Å²) in [5.74, 6) is -0.873. The molecule has 0 saturated carbocycles. The average molecular weight is 425 g/mol. The second-order valence-corrected chi connectivity index (χ2v) is 7.08. The number of nitriles is 1. The number of hydrogen-bond acceptors (Lipinski definition) is 2. The highest BCUT2D eigenvalue weighted by Crippen LogP contribution is 2.24. The van der Waals surface area contributed by atoms with Gasteiger partial charge in [0.1, 0.15) is 17.5 Å². The standard InChI is InChI=1S/C23H15Cl2FN2O/c24-20-6-1-2-7-22(20)28-23(29)18(14-27)11-16-8-9-17(21(25)13-16)10-15-4-3-5-19(26)12-15/h1-9,11-13H,10H2,(H,28,29)/b18-11+. The van der Waals surface area contributed by atoms with Crippen LogP contribution in [0.25, 0.3) is 6.08 Å². The molecule has 3 nitrogen and oxygen atoms in total. The van der Waals surface area contributed by atoms with E-state index in [0.717, 1.165) is 11.1 Å². The lowest BCUT2D eigenvalue weighted by Crippen LogP contribution is -2.13. The molecule has 0 aliphatic carbocycles. The second kappa shape index (κ2) is 9.38. The number of nitrogens with one attached hydrogen (secondary N) is 1. The predicted octanol–water partition coefficient (Wildman–Crippen LogP) is 6.27. The van der Waals surface area contributed by atoms with Crippen LogP contribution in [-0.2, 0) is 11.2 Å². The van der Waals surface area contributed by atoms with Crippen molar-refractivity contribution in [2.45, 2.75) is 6.42 Å². The van der Waals surface area contributed by atoms with Crippen molar-refractivity contribution >= 4 is 40.9 Å². The first-order valence-electron chi connectivity index (χ1n) is 8.67. The lowest BCUT2D eigenvalue weighted by atomic mass is 10.0. The van der Waals surface area contributed by atoms with Gasteiger partial charge in [-0.2, -0.15) is 5.26 Å². The molecule has 144 valence electrons. The smallest absolute Gasteiger partial charge is 0.266 e. The van der Waals surface area contributed by atoms with Crippen molar-refractivity contribution in [3.05, 3.63) is 105 Å². The van der Waals surface area contributed by atoms with Gasteiger partial charge < -0.3 is 5.32 Å². The van der Waals surface area contributed by atoms with E-state index in [9.17, 15) is 14.4 Å². The molecule has 0 fully saturated rings. The number of carbonyl (C=O) groups excluding carboxylic acids is 1. The molecule has 1 amide bonds. The van der Waals surface area contributed by atoms with Crippen LogP contribution in [0.5, 0.6) is 0 Å². The van der Waals surface area contributed by atoms with Gasteiger partial charge in [0.2, 0.25) is 0 Å². The van der Waals surface area contributed by atoms with Gasteiger partial charge in [-0.1, -0.05) is 59.6 Å². The Hall–Kier alpha value is -3.13. The monoisotopic (exact) mass is 424 g/mol. The van der Waals surface area contributed by atoms with E-state index < -0.39 is 5.91 Å². The quantitative estimate of drug-likeness (QED) is 0.387. The van der Waals surface area contributed by atoms with E-state index in [0.29, 0.717) is 27.7 Å². The average Bonchev–Trinajstić information content (AvgIpc) is 2.70. The van der Waals surface area contributed by atoms with Crippen LogP contribution in [0.15, 0.2) is 72.3 Å². The molecule has 0 atom stereocenters. The highest BCUT2D eigenvalue weighted by molar-refractivity contribution is 6.34. The molecule has 0 bridgehead atoms. The molecule has 0 radical (unpaired) electrons. The van der Waals surface area contributed by atoms with E-state index in [1.54, 1.807) is 48.5 Å². The molecule has 0 aromatic heterocycles. The van der Waals surface area contributed by atoms with Crippen LogP contribution in [-0.4, -0.2) is 5.91 Å². The second-order valence-electron chi connectivity index (χ2n) is 6.26. The van der Waals surface area contributed by atoms with Crippen LogP contribution in [0.2, 0.25) is 10.0 Å². The van der Waals surface area contributed by atoms with Gasteiger partial charge in [0.05, 0.1) is 10.7 Å². The summed E-state index contributed by atoms with van der Waals surface area (Å²) in [6, 6.07) is 20.2. The number of para-hydroxylation sites is 1. The molecule has 3 aromatic carbocycles. The number of anilines is 1. The van der Waals surface area contributed by atoms with Crippen molar-refractivity contribution in [2.75, 3.05) is 5.32 Å². The Labute approximate surface area is 178 Å². The summed E-state index contributed by atoms with van der Waals surface area (Å²) in [4.78, 5) is 12.4. The Balaban J connectivity index is 1.79. The van der Waals surface area contributed by atoms with E-state index in [4.69, 9.17) is 23.2 Å². The molecule has 1 N–H and O–H groups in total. The predicted molar refractivity (Wildman–Crippen MR) is 114 cm³/mol. The Morgan fingerprint density at radius 3 is 2.52 bits per heavy atom. The topological polar surface area (TPSA) is 52.9 Å². The van der Waals surface area contributed by atoms with Crippen LogP contribution < -0.4 is 5.32 Å². The molecule has 3 rings (SSSR count). The fourth-order valence-electron chi connectivity index (χ4n) is 2.73. The number of amides is 1. The molecular weight excluding hydrogens is 410 g/mol. The van der Waals surface area contributed by atoms with E-state index >= 15 is 0 Å². The normalized spacial score (nSPS) is 11.0. The summed E-state index contributed by atoms with van der Waals surface area (Å²) >= 11 is 12.4. The molecule has 0 aliphatic rings. The summed E-state index contributed by atoms with van der Waals surface area (Å²) < 4.78 is 13.4. The Morgan fingerprint density at radius 2 is 1.83 bits per heavy atom. The van der Waals surface area contributed by atoms with E-state index in [-0.39, 0.29) is 11.4 Å². The maximum atomic E-state index is 13.4. The molecule has 0 spiro atoms. The fourth-order valence-corrected chi connectivity index (χ4v) is 3.17. The number of rotatable bonds is 5. The van der Waals surface area contributed by atoms with Gasteiger partial charge in [-0.3, -0.25) is 4.79 Å². The Morgan fingerprint density at radius 1 is 1.03 bits per heavy atom. The zero-order chi connectivity index (χ0) is 20.8. The zero-order valence-corrected chi connectivity index (χ0v) is 16.6. The van der Waals surface area contributed by atoms with Crippen LogP contribution in [0.4, 0.5) is 10.1 Å². The van der Waals surface area contributed by atoms with Gasteiger partial charge in [-0.25, -0.2) is 4.39 Å². The molecular formula is C23H15Cl2FN2O. The number of hydrogen-bond donors (Lipinski definition) is 1. The third kappa shape index (κ3) is 5.45. The third-order valence-electron chi connectivity index (χ3n) is 4.16. The van der Waals surface area contributed by atoms with E-state index in [1.807, 2.05) is 12.1 Å². The summed E-state index contributed by atoms with van der Waals surface area (Å²) in [6.07, 6.45) is 1.92. The van der Waals surface area contributed by atoms with E-state index in [1.165, 1.54) is 18.2 Å². The zero-order valence-electron chi connectivity index (χ0n) is 15.1. The van der Waals surface area contributed by atoms with Gasteiger partial charge in [0.25, 0.3) is 5.91 Å². The highest BCUT2D eigenvalue weighted by atomic mass is 35.5. The van der Waals surface area contributed by atoms with E-state index in [2.05, 4.69) is 5.32 Å². The van der Waals surface area contributed by atoms with Gasteiger partial charge >= 0.3 is 0 Å². The summed E-state index contributed by atoms with van der Waals surface area (Å²) in [5, 5.41) is 12.8. The summed E-state index contributed by atoms with van der Waals surface area (Å²) in [6.45, 7) is 0. The fraction of sp³-hybridized carbons (Fsp3) is 0.0435. The number of benzene rings is 3. The summed E-state index contributed by atoms with van der Waals surface area (Å²) in [7, 11) is 0. The molecule has 0 aliphatic heterocycles. The first-order valence-corrected chi connectivity index (χ1v) is 9.42. The Bertz CT molecular complexity index is 1140. The van der Waals surface area contributed by atoms with Gasteiger partial charge in [-0.05, 0) is 59.5 Å². The van der Waals surface area contributed by atoms with Crippen molar-refractivity contribution in [3.63, 3.8) is 0 Å². The molecule has 0 unspecified atom stereocenters. The minimum absolute atomic E-state index is 0.0844. The number of halogens is 3. The van der Waals surface area contributed by atoms with Gasteiger partial charge in [0.15, 0.2) is 0 Å². The largest absolute Gasteiger partial charge is 0.320 e. The van der Waals surface area contributed by atoms with Crippen LogP contribution in [0.1, 0.15) is 16.7 Å².